The number of rotatable bonds is 6. The lowest BCUT2D eigenvalue weighted by molar-refractivity contribution is -0.135. The number of hydrogen-bond acceptors (Lipinski definition) is 2. The largest absolute Gasteiger partial charge is 0.393 e. The fourth-order valence-corrected chi connectivity index (χ4v) is 1.79. The smallest absolute Gasteiger partial charge is 0.225 e. The first-order chi connectivity index (χ1) is 6.90. The molecule has 2 N–H and O–H groups in total. The van der Waals surface area contributed by atoms with Crippen LogP contribution < -0.4 is 5.73 Å². The second-order valence-electron chi connectivity index (χ2n) is 4.16. The van der Waals surface area contributed by atoms with Crippen molar-refractivity contribution in [1.82, 2.24) is 4.90 Å². The van der Waals surface area contributed by atoms with E-state index in [-0.39, 0.29) is 17.9 Å². The fourth-order valence-electron chi connectivity index (χ4n) is 1.55. The van der Waals surface area contributed by atoms with Crippen LogP contribution >= 0.6 is 12.2 Å². The van der Waals surface area contributed by atoms with Crippen molar-refractivity contribution < 1.29 is 4.79 Å². The first kappa shape index (κ1) is 14.4. The van der Waals surface area contributed by atoms with E-state index < -0.39 is 0 Å². The molecule has 0 rings (SSSR count). The highest BCUT2D eigenvalue weighted by Crippen LogP contribution is 2.12. The molecular formula is C11H22N2OS. The zero-order chi connectivity index (χ0) is 12.0. The topological polar surface area (TPSA) is 46.3 Å². The molecule has 1 amide bonds. The lowest BCUT2D eigenvalue weighted by Gasteiger charge is -2.27. The lowest BCUT2D eigenvalue weighted by atomic mass is 10.0. The van der Waals surface area contributed by atoms with Gasteiger partial charge in [0.05, 0.1) is 4.99 Å². The minimum atomic E-state index is 0.0915. The molecule has 0 radical (unpaired) electrons. The number of nitrogens with zero attached hydrogens (tertiary/aromatic N) is 1. The summed E-state index contributed by atoms with van der Waals surface area (Å²) in [6.07, 6.45) is 2.56. The summed E-state index contributed by atoms with van der Waals surface area (Å²) in [6.45, 7) is 6.02. The Morgan fingerprint density at radius 3 is 2.40 bits per heavy atom. The average Bonchev–Trinajstić information content (AvgIpc) is 2.14. The van der Waals surface area contributed by atoms with Gasteiger partial charge in [-0.2, -0.15) is 0 Å². The van der Waals surface area contributed by atoms with Crippen LogP contribution in [0.5, 0.6) is 0 Å². The highest BCUT2D eigenvalue weighted by Gasteiger charge is 2.20. The number of amides is 1. The Labute approximate surface area is 98.0 Å². The van der Waals surface area contributed by atoms with Crippen molar-refractivity contribution in [2.24, 2.45) is 11.7 Å². The van der Waals surface area contributed by atoms with E-state index in [9.17, 15) is 4.79 Å². The van der Waals surface area contributed by atoms with Crippen LogP contribution in [0.25, 0.3) is 0 Å². The van der Waals surface area contributed by atoms with Crippen LogP contribution in [-0.4, -0.2) is 28.9 Å². The summed E-state index contributed by atoms with van der Waals surface area (Å²) in [5, 5.41) is 0. The fraction of sp³-hybridized carbons (Fsp3) is 0.818. The molecule has 0 aliphatic carbocycles. The third-order valence-corrected chi connectivity index (χ3v) is 2.82. The van der Waals surface area contributed by atoms with Gasteiger partial charge in [-0.3, -0.25) is 4.79 Å². The van der Waals surface area contributed by atoms with Gasteiger partial charge in [0.2, 0.25) is 5.91 Å². The maximum atomic E-state index is 11.9. The van der Waals surface area contributed by atoms with Gasteiger partial charge in [-0.15, -0.1) is 0 Å². The van der Waals surface area contributed by atoms with E-state index in [0.717, 1.165) is 12.8 Å². The van der Waals surface area contributed by atoms with Crippen molar-refractivity contribution in [3.05, 3.63) is 0 Å². The summed E-state index contributed by atoms with van der Waals surface area (Å²) in [4.78, 5) is 14.1. The average molecular weight is 230 g/mol. The molecule has 0 heterocycles. The first-order valence-electron chi connectivity index (χ1n) is 5.45. The Hall–Kier alpha value is -0.640. The number of nitrogens with two attached hydrogens (primary N) is 1. The number of carbonyl (C=O) groups excluding carboxylic acids is 1. The Morgan fingerprint density at radius 2 is 2.00 bits per heavy atom. The van der Waals surface area contributed by atoms with E-state index in [1.54, 1.807) is 4.90 Å². The maximum Gasteiger partial charge on any atom is 0.225 e. The van der Waals surface area contributed by atoms with E-state index >= 15 is 0 Å². The van der Waals surface area contributed by atoms with Crippen LogP contribution in [-0.2, 0) is 4.79 Å². The highest BCUT2D eigenvalue weighted by molar-refractivity contribution is 7.80. The van der Waals surface area contributed by atoms with Crippen LogP contribution in [0.3, 0.4) is 0 Å². The third-order valence-electron chi connectivity index (χ3n) is 2.65. The summed E-state index contributed by atoms with van der Waals surface area (Å²) >= 11 is 4.83. The molecule has 2 atom stereocenters. The molecule has 0 spiro atoms. The van der Waals surface area contributed by atoms with Crippen molar-refractivity contribution in [3.63, 3.8) is 0 Å². The monoisotopic (exact) mass is 230 g/mol. The number of hydrogen-bond donors (Lipinski definition) is 1. The Bertz CT molecular complexity index is 231. The van der Waals surface area contributed by atoms with Gasteiger partial charge >= 0.3 is 0 Å². The maximum absolute atomic E-state index is 11.9. The summed E-state index contributed by atoms with van der Waals surface area (Å²) in [5.74, 6) is 0.273. The van der Waals surface area contributed by atoms with Gasteiger partial charge in [-0.05, 0) is 13.3 Å². The molecular weight excluding hydrogens is 208 g/mol. The molecule has 0 bridgehead atoms. The van der Waals surface area contributed by atoms with Crippen LogP contribution in [0.1, 0.15) is 40.0 Å². The summed E-state index contributed by atoms with van der Waals surface area (Å²) < 4.78 is 0. The van der Waals surface area contributed by atoms with E-state index in [2.05, 4.69) is 6.92 Å². The van der Waals surface area contributed by atoms with Gasteiger partial charge in [-0.1, -0.05) is 32.5 Å². The molecule has 2 unspecified atom stereocenters. The first-order valence-corrected chi connectivity index (χ1v) is 5.85. The van der Waals surface area contributed by atoms with E-state index in [1.807, 2.05) is 20.9 Å². The summed E-state index contributed by atoms with van der Waals surface area (Å²) in [5.41, 5.74) is 5.46. The van der Waals surface area contributed by atoms with Crippen LogP contribution in [0, 0.1) is 5.92 Å². The number of thiocarbonyl (C=S) groups is 1. The quantitative estimate of drug-likeness (QED) is 0.709. The molecule has 0 fully saturated rings. The second kappa shape index (κ2) is 6.77. The van der Waals surface area contributed by atoms with Gasteiger partial charge in [0.1, 0.15) is 0 Å². The zero-order valence-corrected chi connectivity index (χ0v) is 10.9. The predicted molar refractivity (Wildman–Crippen MR) is 67.7 cm³/mol. The molecule has 0 aromatic carbocycles. The Morgan fingerprint density at radius 1 is 1.47 bits per heavy atom. The minimum absolute atomic E-state index is 0.0915. The molecule has 4 heteroatoms. The third kappa shape index (κ3) is 5.11. The molecule has 0 aromatic rings. The van der Waals surface area contributed by atoms with Crippen molar-refractivity contribution in [3.8, 4) is 0 Å². The van der Waals surface area contributed by atoms with Gasteiger partial charge in [0, 0.05) is 25.4 Å². The molecule has 0 saturated carbocycles. The molecule has 0 saturated heterocycles. The zero-order valence-electron chi connectivity index (χ0n) is 10.1. The Kier molecular flexibility index (Phi) is 6.48. The molecule has 0 aliphatic rings. The van der Waals surface area contributed by atoms with E-state index in [4.69, 9.17) is 18.0 Å². The lowest BCUT2D eigenvalue weighted by Crippen LogP contribution is -2.40. The molecule has 88 valence electrons. The summed E-state index contributed by atoms with van der Waals surface area (Å²) in [6, 6.07) is 0.0920. The van der Waals surface area contributed by atoms with Crippen LogP contribution in [0.2, 0.25) is 0 Å². The highest BCUT2D eigenvalue weighted by atomic mass is 32.1. The van der Waals surface area contributed by atoms with Gasteiger partial charge in [0.15, 0.2) is 0 Å². The van der Waals surface area contributed by atoms with Crippen molar-refractivity contribution >= 4 is 23.1 Å². The normalized spacial score (nSPS) is 14.4. The minimum Gasteiger partial charge on any atom is -0.393 e. The van der Waals surface area contributed by atoms with Crippen molar-refractivity contribution in [2.75, 3.05) is 7.05 Å². The van der Waals surface area contributed by atoms with Gasteiger partial charge in [-0.25, -0.2) is 0 Å². The number of carbonyl (C=O) groups is 1. The SMILES string of the molecule is CCCC(C)C(=O)N(C)C(C)CC(N)=S. The van der Waals surface area contributed by atoms with E-state index in [0.29, 0.717) is 11.4 Å². The van der Waals surface area contributed by atoms with E-state index in [1.165, 1.54) is 0 Å². The molecule has 3 nitrogen and oxygen atoms in total. The van der Waals surface area contributed by atoms with Gasteiger partial charge in [0.25, 0.3) is 0 Å². The molecule has 0 aliphatic heterocycles. The molecule has 0 aromatic heterocycles. The Balaban J connectivity index is 4.23. The van der Waals surface area contributed by atoms with Gasteiger partial charge < -0.3 is 10.6 Å². The second-order valence-corrected chi connectivity index (χ2v) is 4.68. The van der Waals surface area contributed by atoms with Crippen molar-refractivity contribution in [1.29, 1.82) is 0 Å². The predicted octanol–water partition coefficient (Wildman–Crippen LogP) is 1.95. The molecule has 15 heavy (non-hydrogen) atoms. The van der Waals surface area contributed by atoms with Crippen LogP contribution in [0.15, 0.2) is 0 Å². The summed E-state index contributed by atoms with van der Waals surface area (Å²) in [7, 11) is 1.82. The van der Waals surface area contributed by atoms with Crippen molar-refractivity contribution in [2.45, 2.75) is 46.1 Å². The standard InChI is InChI=1S/C11H22N2OS/c1-5-6-8(2)11(14)13(4)9(3)7-10(12)15/h8-9H,5-7H2,1-4H3,(H2,12,15). The van der Waals surface area contributed by atoms with Crippen LogP contribution in [0.4, 0.5) is 0 Å².